The van der Waals surface area contributed by atoms with Crippen molar-refractivity contribution >= 4 is 9.28 Å². The molecule has 0 heterocycles. The molecular formula is C13H23F3O2Si. The fraction of sp³-hybridized carbons (Fsp3) is 1.00. The first-order valence-electron chi connectivity index (χ1n) is 7.43. The van der Waals surface area contributed by atoms with Gasteiger partial charge in [0.25, 0.3) is 0 Å². The van der Waals surface area contributed by atoms with Crippen molar-refractivity contribution < 1.29 is 22.0 Å². The van der Waals surface area contributed by atoms with Crippen molar-refractivity contribution in [3.8, 4) is 0 Å². The van der Waals surface area contributed by atoms with Crippen LogP contribution in [0.4, 0.5) is 13.2 Å². The van der Waals surface area contributed by atoms with Crippen molar-refractivity contribution in [2.75, 3.05) is 0 Å². The SMILES string of the molecule is FC(F)(F)[SiH](OC1CCCCC1)OC1CCCCC1. The lowest BCUT2D eigenvalue weighted by molar-refractivity contribution is -0.102. The summed E-state index contributed by atoms with van der Waals surface area (Å²) in [4.78, 5) is 0. The third-order valence-electron chi connectivity index (χ3n) is 4.00. The third kappa shape index (κ3) is 5.08. The minimum Gasteiger partial charge on any atom is -0.388 e. The molecule has 2 nitrogen and oxygen atoms in total. The van der Waals surface area contributed by atoms with E-state index >= 15 is 0 Å². The summed E-state index contributed by atoms with van der Waals surface area (Å²) < 4.78 is 49.8. The molecule has 112 valence electrons. The Kier molecular flexibility index (Phi) is 5.71. The van der Waals surface area contributed by atoms with Gasteiger partial charge in [-0.25, -0.2) is 0 Å². The van der Waals surface area contributed by atoms with Crippen LogP contribution in [0.2, 0.25) is 0 Å². The standard InChI is InChI=1S/C13H23F3O2Si/c14-13(15,16)19(17-11-7-3-1-4-8-11)18-12-9-5-2-6-10-12/h11-12,19H,1-10H2. The van der Waals surface area contributed by atoms with Crippen molar-refractivity contribution in [2.24, 2.45) is 0 Å². The Morgan fingerprint density at radius 3 is 1.37 bits per heavy atom. The molecule has 0 bridgehead atoms. The lowest BCUT2D eigenvalue weighted by Crippen LogP contribution is -2.45. The molecule has 0 radical (unpaired) electrons. The van der Waals surface area contributed by atoms with Crippen molar-refractivity contribution in [1.82, 2.24) is 0 Å². The molecule has 0 aliphatic heterocycles. The van der Waals surface area contributed by atoms with Gasteiger partial charge in [0, 0.05) is 12.2 Å². The predicted molar refractivity (Wildman–Crippen MR) is 69.1 cm³/mol. The molecule has 6 heteroatoms. The molecule has 0 N–H and O–H groups in total. The zero-order valence-corrected chi connectivity index (χ0v) is 12.4. The lowest BCUT2D eigenvalue weighted by atomic mass is 9.98. The quantitative estimate of drug-likeness (QED) is 0.730. The second kappa shape index (κ2) is 7.08. The molecule has 19 heavy (non-hydrogen) atoms. The zero-order valence-electron chi connectivity index (χ0n) is 11.3. The first-order valence-corrected chi connectivity index (χ1v) is 8.95. The van der Waals surface area contributed by atoms with E-state index < -0.39 is 15.1 Å². The van der Waals surface area contributed by atoms with Crippen LogP contribution in [0.15, 0.2) is 0 Å². The molecule has 0 spiro atoms. The van der Waals surface area contributed by atoms with Crippen LogP contribution in [0.5, 0.6) is 0 Å². The maximum Gasteiger partial charge on any atom is 0.443 e. The second-order valence-corrected chi connectivity index (χ2v) is 7.53. The molecule has 2 rings (SSSR count). The monoisotopic (exact) mass is 296 g/mol. The van der Waals surface area contributed by atoms with E-state index in [0.29, 0.717) is 0 Å². The summed E-state index contributed by atoms with van der Waals surface area (Å²) in [5.74, 6) is -4.28. The van der Waals surface area contributed by atoms with Crippen molar-refractivity contribution in [1.29, 1.82) is 0 Å². The van der Waals surface area contributed by atoms with E-state index in [1.165, 1.54) is 0 Å². The topological polar surface area (TPSA) is 18.5 Å². The molecule has 2 aliphatic carbocycles. The molecule has 2 fully saturated rings. The number of hydrogen-bond acceptors (Lipinski definition) is 2. The smallest absolute Gasteiger partial charge is 0.388 e. The van der Waals surface area contributed by atoms with Crippen LogP contribution in [0.1, 0.15) is 64.2 Å². The maximum absolute atomic E-state index is 13.0. The van der Waals surface area contributed by atoms with E-state index in [1.807, 2.05) is 0 Å². The molecule has 0 unspecified atom stereocenters. The fourth-order valence-corrected chi connectivity index (χ4v) is 4.55. The van der Waals surface area contributed by atoms with Gasteiger partial charge in [0.2, 0.25) is 0 Å². The Labute approximate surface area is 114 Å². The van der Waals surface area contributed by atoms with Gasteiger partial charge in [-0.3, -0.25) is 0 Å². The van der Waals surface area contributed by atoms with E-state index in [9.17, 15) is 13.2 Å². The molecule has 0 aromatic rings. The van der Waals surface area contributed by atoms with Gasteiger partial charge in [-0.05, 0) is 25.7 Å². The highest BCUT2D eigenvalue weighted by Gasteiger charge is 2.48. The Morgan fingerprint density at radius 2 is 1.05 bits per heavy atom. The summed E-state index contributed by atoms with van der Waals surface area (Å²) in [6.07, 6.45) is 8.72. The molecule has 0 atom stereocenters. The number of alkyl halides is 3. The van der Waals surface area contributed by atoms with Crippen LogP contribution in [0, 0.1) is 0 Å². The summed E-state index contributed by atoms with van der Waals surface area (Å²) in [5.41, 5.74) is 0. The number of halogens is 3. The predicted octanol–water partition coefficient (Wildman–Crippen LogP) is 4.01. The van der Waals surface area contributed by atoms with Crippen LogP contribution < -0.4 is 0 Å². The van der Waals surface area contributed by atoms with E-state index in [1.54, 1.807) is 0 Å². The minimum absolute atomic E-state index is 0.226. The van der Waals surface area contributed by atoms with Gasteiger partial charge in [-0.2, -0.15) is 13.2 Å². The minimum atomic E-state index is -4.28. The van der Waals surface area contributed by atoms with E-state index in [2.05, 4.69) is 0 Å². The Morgan fingerprint density at radius 1 is 0.684 bits per heavy atom. The van der Waals surface area contributed by atoms with Crippen LogP contribution >= 0.6 is 0 Å². The average Bonchev–Trinajstić information content (AvgIpc) is 2.39. The zero-order chi connectivity index (χ0) is 13.7. The van der Waals surface area contributed by atoms with Gasteiger partial charge in [0.05, 0.1) is 0 Å². The largest absolute Gasteiger partial charge is 0.443 e. The van der Waals surface area contributed by atoms with Gasteiger partial charge in [0.1, 0.15) is 0 Å². The number of rotatable bonds is 4. The molecule has 2 saturated carbocycles. The molecular weight excluding hydrogens is 273 g/mol. The van der Waals surface area contributed by atoms with Crippen molar-refractivity contribution in [3.05, 3.63) is 0 Å². The maximum atomic E-state index is 13.0. The average molecular weight is 296 g/mol. The van der Waals surface area contributed by atoms with Gasteiger partial charge in [-0.15, -0.1) is 0 Å². The second-order valence-electron chi connectivity index (χ2n) is 5.67. The highest BCUT2D eigenvalue weighted by Crippen LogP contribution is 2.30. The number of hydrogen-bond donors (Lipinski definition) is 0. The summed E-state index contributed by atoms with van der Waals surface area (Å²) in [5, 5.41) is 0. The van der Waals surface area contributed by atoms with Gasteiger partial charge in [0.15, 0.2) is 0 Å². The Hall–Kier alpha value is -0.0731. The summed E-state index contributed by atoms with van der Waals surface area (Å²) >= 11 is 0. The third-order valence-corrected chi connectivity index (χ3v) is 5.80. The van der Waals surface area contributed by atoms with Crippen LogP contribution in [-0.4, -0.2) is 27.3 Å². The molecule has 0 aromatic carbocycles. The first-order chi connectivity index (χ1) is 9.05. The van der Waals surface area contributed by atoms with Crippen LogP contribution in [0.3, 0.4) is 0 Å². The fourth-order valence-electron chi connectivity index (χ4n) is 2.94. The molecule has 2 aliphatic rings. The molecule has 0 amide bonds. The summed E-state index contributed by atoms with van der Waals surface area (Å²) in [6, 6.07) is 0. The van der Waals surface area contributed by atoms with E-state index in [4.69, 9.17) is 8.85 Å². The first kappa shape index (κ1) is 15.3. The summed E-state index contributed by atoms with van der Waals surface area (Å²) in [6.45, 7) is 0. The van der Waals surface area contributed by atoms with Gasteiger partial charge < -0.3 is 8.85 Å². The van der Waals surface area contributed by atoms with Crippen LogP contribution in [-0.2, 0) is 8.85 Å². The molecule has 0 aromatic heterocycles. The van der Waals surface area contributed by atoms with E-state index in [-0.39, 0.29) is 12.2 Å². The van der Waals surface area contributed by atoms with Gasteiger partial charge >= 0.3 is 15.1 Å². The highest BCUT2D eigenvalue weighted by molar-refractivity contribution is 6.47. The van der Waals surface area contributed by atoms with Crippen molar-refractivity contribution in [2.45, 2.75) is 82.2 Å². The normalized spacial score (nSPS) is 24.0. The van der Waals surface area contributed by atoms with Crippen molar-refractivity contribution in [3.63, 3.8) is 0 Å². The van der Waals surface area contributed by atoms with Gasteiger partial charge in [-0.1, -0.05) is 38.5 Å². The highest BCUT2D eigenvalue weighted by atomic mass is 28.3. The Bertz CT molecular complexity index is 241. The van der Waals surface area contributed by atoms with E-state index in [0.717, 1.165) is 64.2 Å². The molecule has 0 saturated heterocycles. The Balaban J connectivity index is 1.87. The lowest BCUT2D eigenvalue weighted by Gasteiger charge is -2.31. The summed E-state index contributed by atoms with van der Waals surface area (Å²) in [7, 11) is -3.57. The van der Waals surface area contributed by atoms with Crippen LogP contribution in [0.25, 0.3) is 0 Å².